The zero-order chi connectivity index (χ0) is 17.1. The van der Waals surface area contributed by atoms with Crippen molar-refractivity contribution in [3.8, 4) is 0 Å². The highest BCUT2D eigenvalue weighted by Gasteiger charge is 2.47. The Bertz CT molecular complexity index is 1030. The lowest BCUT2D eigenvalue weighted by atomic mass is 9.93. The fourth-order valence-corrected chi connectivity index (χ4v) is 4.48. The summed E-state index contributed by atoms with van der Waals surface area (Å²) in [7, 11) is 0. The predicted octanol–water partition coefficient (Wildman–Crippen LogP) is 3.42. The first-order chi connectivity index (χ1) is 12.2. The number of hydrogen-bond donors (Lipinski definition) is 0. The molecule has 2 heterocycles. The molecule has 1 unspecified atom stereocenters. The molecular weight excluding hydrogens is 339 g/mol. The molecule has 0 spiro atoms. The molecule has 1 saturated heterocycles. The minimum absolute atomic E-state index is 0.160. The van der Waals surface area contributed by atoms with Gasteiger partial charge < -0.3 is 0 Å². The van der Waals surface area contributed by atoms with Crippen LogP contribution in [-0.2, 0) is 4.79 Å². The van der Waals surface area contributed by atoms with E-state index in [1.54, 1.807) is 30.3 Å². The summed E-state index contributed by atoms with van der Waals surface area (Å²) in [4.78, 5) is 31.5. The summed E-state index contributed by atoms with van der Waals surface area (Å²) in [6, 6.07) is 12.7. The van der Waals surface area contributed by atoms with Crippen LogP contribution in [0, 0.1) is 5.82 Å². The summed E-state index contributed by atoms with van der Waals surface area (Å²) in [5, 5.41) is 0.529. The maximum Gasteiger partial charge on any atom is 0.239 e. The number of fused-ring (bicyclic) bond motifs is 3. The largest absolute Gasteiger partial charge is 0.289 e. The van der Waals surface area contributed by atoms with Gasteiger partial charge in [-0.2, -0.15) is 0 Å². The third-order valence-corrected chi connectivity index (χ3v) is 5.60. The van der Waals surface area contributed by atoms with Crippen LogP contribution in [0.15, 0.2) is 59.1 Å². The van der Waals surface area contributed by atoms with Crippen molar-refractivity contribution >= 4 is 34.3 Å². The van der Waals surface area contributed by atoms with Crippen LogP contribution in [-0.4, -0.2) is 27.5 Å². The van der Waals surface area contributed by atoms with Crippen LogP contribution in [0.2, 0.25) is 0 Å². The highest BCUT2D eigenvalue weighted by atomic mass is 32.2. The van der Waals surface area contributed by atoms with E-state index < -0.39 is 11.9 Å². The number of thioether (sulfide) groups is 1. The van der Waals surface area contributed by atoms with Crippen molar-refractivity contribution in [3.05, 3.63) is 76.6 Å². The Balaban J connectivity index is 1.80. The number of hydrogen-bond acceptors (Lipinski definition) is 4. The number of amidine groups is 1. The van der Waals surface area contributed by atoms with Crippen molar-refractivity contribution in [2.24, 2.45) is 4.99 Å². The molecule has 0 aromatic heterocycles. The molecule has 1 atom stereocenters. The third kappa shape index (κ3) is 1.91. The van der Waals surface area contributed by atoms with Crippen LogP contribution in [0.25, 0.3) is 5.70 Å². The summed E-state index contributed by atoms with van der Waals surface area (Å²) in [6.07, 6.45) is 0. The molecule has 1 aliphatic carbocycles. The van der Waals surface area contributed by atoms with Gasteiger partial charge in [0.05, 0.1) is 23.1 Å². The normalized spacial score (nSPS) is 21.2. The molecule has 0 saturated carbocycles. The Hall–Kier alpha value is -2.73. The van der Waals surface area contributed by atoms with E-state index in [1.165, 1.54) is 22.7 Å². The van der Waals surface area contributed by atoms with E-state index >= 15 is 0 Å². The van der Waals surface area contributed by atoms with Crippen molar-refractivity contribution in [2.75, 3.05) is 5.75 Å². The first-order valence-electron chi connectivity index (χ1n) is 7.83. The molecule has 1 amide bonds. The second kappa shape index (κ2) is 5.13. The third-order valence-electron chi connectivity index (χ3n) is 4.66. The highest BCUT2D eigenvalue weighted by Crippen LogP contribution is 2.48. The van der Waals surface area contributed by atoms with Gasteiger partial charge in [0.25, 0.3) is 0 Å². The molecule has 2 aromatic carbocycles. The van der Waals surface area contributed by atoms with E-state index in [4.69, 9.17) is 0 Å². The van der Waals surface area contributed by atoms with Crippen LogP contribution in [0.3, 0.4) is 0 Å². The number of carbonyl (C=O) groups excluding carboxylic acids is 2. The molecule has 0 N–H and O–H groups in total. The Morgan fingerprint density at radius 2 is 1.76 bits per heavy atom. The van der Waals surface area contributed by atoms with Gasteiger partial charge in [0, 0.05) is 16.7 Å². The molecule has 4 nitrogen and oxygen atoms in total. The molecule has 1 fully saturated rings. The molecule has 122 valence electrons. The topological polar surface area (TPSA) is 49.7 Å². The Morgan fingerprint density at radius 1 is 1.04 bits per heavy atom. The Kier molecular flexibility index (Phi) is 3.00. The van der Waals surface area contributed by atoms with Crippen LogP contribution in [0.1, 0.15) is 27.5 Å². The van der Waals surface area contributed by atoms with E-state index in [-0.39, 0.29) is 17.4 Å². The van der Waals surface area contributed by atoms with Crippen LogP contribution >= 0.6 is 11.8 Å². The predicted molar refractivity (Wildman–Crippen MR) is 93.6 cm³/mol. The summed E-state index contributed by atoms with van der Waals surface area (Å²) in [6.45, 7) is 0. The van der Waals surface area contributed by atoms with E-state index in [0.29, 0.717) is 27.6 Å². The first kappa shape index (κ1) is 14.6. The smallest absolute Gasteiger partial charge is 0.239 e. The second-order valence-electron chi connectivity index (χ2n) is 6.01. The van der Waals surface area contributed by atoms with Gasteiger partial charge in [-0.05, 0) is 6.07 Å². The minimum atomic E-state index is -0.772. The molecule has 5 rings (SSSR count). The van der Waals surface area contributed by atoms with Crippen LogP contribution in [0.5, 0.6) is 0 Å². The van der Waals surface area contributed by atoms with E-state index in [0.717, 1.165) is 5.56 Å². The van der Waals surface area contributed by atoms with Crippen LogP contribution in [0.4, 0.5) is 4.39 Å². The molecule has 3 aliphatic rings. The van der Waals surface area contributed by atoms with Crippen LogP contribution < -0.4 is 0 Å². The highest BCUT2D eigenvalue weighted by molar-refractivity contribution is 8.15. The van der Waals surface area contributed by atoms with Crippen molar-refractivity contribution in [2.45, 2.75) is 6.04 Å². The number of carbonyl (C=O) groups is 2. The maximum absolute atomic E-state index is 14.6. The molecule has 25 heavy (non-hydrogen) atoms. The minimum Gasteiger partial charge on any atom is -0.289 e. The van der Waals surface area contributed by atoms with E-state index in [1.807, 2.05) is 12.1 Å². The van der Waals surface area contributed by atoms with Crippen molar-refractivity contribution in [1.82, 2.24) is 4.90 Å². The number of rotatable bonds is 1. The zero-order valence-corrected chi connectivity index (χ0v) is 13.7. The molecule has 0 bridgehead atoms. The Morgan fingerprint density at radius 3 is 2.56 bits per heavy atom. The van der Waals surface area contributed by atoms with Gasteiger partial charge >= 0.3 is 0 Å². The van der Waals surface area contributed by atoms with Gasteiger partial charge in [-0.3, -0.25) is 14.5 Å². The average molecular weight is 350 g/mol. The standard InChI is InChI=1S/C19H11FN2O2S/c20-13-8-4-3-7-12(13)17-15-16(21-19-22(17)14(23)9-25-19)10-5-1-2-6-11(10)18(15)24/h1-8,17H,9H2. The quantitative estimate of drug-likeness (QED) is 0.792. The SMILES string of the molecule is O=C1C2=C(N=C3SCC(=O)N3C2c2ccccc2F)c2ccccc21. The fraction of sp³-hybridized carbons (Fsp3) is 0.105. The number of ketones is 1. The number of aliphatic imine (C=N–C) groups is 1. The maximum atomic E-state index is 14.6. The number of nitrogens with zero attached hydrogens (tertiary/aromatic N) is 2. The molecule has 2 aliphatic heterocycles. The van der Waals surface area contributed by atoms with Gasteiger partial charge in [-0.25, -0.2) is 9.38 Å². The summed E-state index contributed by atoms with van der Waals surface area (Å²) in [5.41, 5.74) is 2.56. The van der Waals surface area contributed by atoms with Gasteiger partial charge in [0.15, 0.2) is 11.0 Å². The monoisotopic (exact) mass is 350 g/mol. The summed E-state index contributed by atoms with van der Waals surface area (Å²) < 4.78 is 14.6. The van der Waals surface area contributed by atoms with Gasteiger partial charge in [-0.15, -0.1) is 0 Å². The molecule has 6 heteroatoms. The van der Waals surface area contributed by atoms with E-state index in [2.05, 4.69) is 4.99 Å². The number of benzene rings is 2. The van der Waals surface area contributed by atoms with Crippen molar-refractivity contribution < 1.29 is 14.0 Å². The average Bonchev–Trinajstić information content (AvgIpc) is 3.14. The van der Waals surface area contributed by atoms with Gasteiger partial charge in [0.2, 0.25) is 5.91 Å². The lowest BCUT2D eigenvalue weighted by molar-refractivity contribution is -0.125. The Labute approximate surface area is 147 Å². The molecule has 2 aromatic rings. The number of Topliss-reactive ketones (excluding diaryl/α,β-unsaturated/α-hetero) is 1. The lowest BCUT2D eigenvalue weighted by Gasteiger charge is -2.32. The fourth-order valence-electron chi connectivity index (χ4n) is 3.59. The summed E-state index contributed by atoms with van der Waals surface area (Å²) >= 11 is 1.32. The van der Waals surface area contributed by atoms with Gasteiger partial charge in [-0.1, -0.05) is 54.2 Å². The zero-order valence-electron chi connectivity index (χ0n) is 12.9. The van der Waals surface area contributed by atoms with Gasteiger partial charge in [0.1, 0.15) is 5.82 Å². The van der Waals surface area contributed by atoms with Crippen molar-refractivity contribution in [3.63, 3.8) is 0 Å². The number of halogens is 1. The number of amides is 1. The second-order valence-corrected chi connectivity index (χ2v) is 6.95. The molecule has 0 radical (unpaired) electrons. The van der Waals surface area contributed by atoms with Crippen molar-refractivity contribution in [1.29, 1.82) is 0 Å². The van der Waals surface area contributed by atoms with E-state index in [9.17, 15) is 14.0 Å². The molecular formula is C19H11FN2O2S. The summed E-state index contributed by atoms with van der Waals surface area (Å²) in [5.74, 6) is -0.534. The lowest BCUT2D eigenvalue weighted by Crippen LogP contribution is -2.38. The first-order valence-corrected chi connectivity index (χ1v) is 8.81.